The van der Waals surface area contributed by atoms with Gasteiger partial charge in [-0.15, -0.1) is 0 Å². The van der Waals surface area contributed by atoms with Gasteiger partial charge in [0.25, 0.3) is 0 Å². The molecule has 0 spiro atoms. The van der Waals surface area contributed by atoms with E-state index in [9.17, 15) is 0 Å². The van der Waals surface area contributed by atoms with Gasteiger partial charge in [-0.05, 0) is 42.3 Å². The second kappa shape index (κ2) is 7.24. The highest BCUT2D eigenvalue weighted by Gasteiger charge is 2.32. The molecule has 0 amide bonds. The number of hydrogen-bond donors (Lipinski definition) is 1. The Kier molecular flexibility index (Phi) is 5.62. The van der Waals surface area contributed by atoms with Gasteiger partial charge in [0.1, 0.15) is 0 Å². The fraction of sp³-hybridized carbons (Fsp3) is 0.667. The molecule has 2 nitrogen and oxygen atoms in total. The van der Waals surface area contributed by atoms with E-state index in [1.807, 2.05) is 0 Å². The lowest BCUT2D eigenvalue weighted by atomic mass is 9.90. The first kappa shape index (κ1) is 15.5. The summed E-state index contributed by atoms with van der Waals surface area (Å²) in [5, 5.41) is 3.63. The second-order valence-corrected chi connectivity index (χ2v) is 6.48. The van der Waals surface area contributed by atoms with E-state index in [1.165, 1.54) is 17.5 Å². The van der Waals surface area contributed by atoms with E-state index in [2.05, 4.69) is 57.3 Å². The number of ether oxygens (including phenoxy) is 1. The summed E-state index contributed by atoms with van der Waals surface area (Å²) in [5.41, 5.74) is 2.81. The Morgan fingerprint density at radius 2 is 2.15 bits per heavy atom. The highest BCUT2D eigenvalue weighted by molar-refractivity contribution is 5.27. The lowest BCUT2D eigenvalue weighted by Gasteiger charge is -2.27. The molecule has 20 heavy (non-hydrogen) atoms. The van der Waals surface area contributed by atoms with Gasteiger partial charge in [0, 0.05) is 6.61 Å². The normalized spacial score (nSPS) is 24.2. The van der Waals surface area contributed by atoms with Crippen LogP contribution in [-0.4, -0.2) is 19.3 Å². The fourth-order valence-corrected chi connectivity index (χ4v) is 3.17. The van der Waals surface area contributed by atoms with Crippen LogP contribution in [0, 0.1) is 11.8 Å². The number of hydrogen-bond acceptors (Lipinski definition) is 2. The van der Waals surface area contributed by atoms with Crippen LogP contribution in [0.2, 0.25) is 0 Å². The molecule has 0 radical (unpaired) electrons. The Morgan fingerprint density at radius 1 is 1.35 bits per heavy atom. The molecular weight excluding hydrogens is 246 g/mol. The minimum Gasteiger partial charge on any atom is -0.376 e. The van der Waals surface area contributed by atoms with Crippen molar-refractivity contribution in [2.75, 3.05) is 13.2 Å². The van der Waals surface area contributed by atoms with E-state index in [-0.39, 0.29) is 0 Å². The van der Waals surface area contributed by atoms with E-state index >= 15 is 0 Å². The van der Waals surface area contributed by atoms with E-state index in [0.29, 0.717) is 24.0 Å². The standard InChI is InChI=1S/C18H29NO/c1-5-19-17(18-14(4)9-10-20-18)16-8-6-7-15(12-16)11-13(2)3/h6-8,12-14,17-19H,5,9-11H2,1-4H3. The van der Waals surface area contributed by atoms with Crippen LogP contribution in [0.3, 0.4) is 0 Å². The molecule has 0 aliphatic carbocycles. The summed E-state index contributed by atoms with van der Waals surface area (Å²) in [6.45, 7) is 10.9. The highest BCUT2D eigenvalue weighted by Crippen LogP contribution is 2.31. The third-order valence-corrected chi connectivity index (χ3v) is 4.15. The Labute approximate surface area is 123 Å². The molecule has 3 unspecified atom stereocenters. The molecule has 1 N–H and O–H groups in total. The summed E-state index contributed by atoms with van der Waals surface area (Å²) < 4.78 is 5.99. The molecule has 1 aromatic rings. The number of benzene rings is 1. The number of nitrogens with one attached hydrogen (secondary N) is 1. The van der Waals surface area contributed by atoms with E-state index in [0.717, 1.165) is 19.6 Å². The zero-order valence-electron chi connectivity index (χ0n) is 13.4. The van der Waals surface area contributed by atoms with Crippen LogP contribution in [0.1, 0.15) is 51.3 Å². The maximum Gasteiger partial charge on any atom is 0.0795 e. The van der Waals surface area contributed by atoms with Gasteiger partial charge in [0.2, 0.25) is 0 Å². The Bertz CT molecular complexity index is 416. The van der Waals surface area contributed by atoms with Crippen molar-refractivity contribution in [1.82, 2.24) is 5.32 Å². The van der Waals surface area contributed by atoms with E-state index < -0.39 is 0 Å². The summed E-state index contributed by atoms with van der Waals surface area (Å²) >= 11 is 0. The van der Waals surface area contributed by atoms with Gasteiger partial charge in [0.15, 0.2) is 0 Å². The van der Waals surface area contributed by atoms with Crippen molar-refractivity contribution in [3.63, 3.8) is 0 Å². The smallest absolute Gasteiger partial charge is 0.0795 e. The average molecular weight is 275 g/mol. The van der Waals surface area contributed by atoms with Gasteiger partial charge < -0.3 is 10.1 Å². The zero-order valence-corrected chi connectivity index (χ0v) is 13.4. The Balaban J connectivity index is 2.20. The molecule has 1 aromatic carbocycles. The van der Waals surface area contributed by atoms with Gasteiger partial charge in [-0.25, -0.2) is 0 Å². The van der Waals surface area contributed by atoms with Crippen molar-refractivity contribution in [2.24, 2.45) is 11.8 Å². The predicted molar refractivity (Wildman–Crippen MR) is 84.9 cm³/mol. The third kappa shape index (κ3) is 3.83. The van der Waals surface area contributed by atoms with Gasteiger partial charge in [0.05, 0.1) is 12.1 Å². The Hall–Kier alpha value is -0.860. The molecule has 1 aliphatic rings. The van der Waals surface area contributed by atoms with Crippen molar-refractivity contribution in [3.8, 4) is 0 Å². The molecular formula is C18H29NO. The first-order valence-corrected chi connectivity index (χ1v) is 8.05. The molecule has 1 heterocycles. The molecule has 1 saturated heterocycles. The number of rotatable bonds is 6. The van der Waals surface area contributed by atoms with Crippen molar-refractivity contribution >= 4 is 0 Å². The van der Waals surface area contributed by atoms with Crippen LogP contribution in [0.5, 0.6) is 0 Å². The van der Waals surface area contributed by atoms with Crippen LogP contribution in [-0.2, 0) is 11.2 Å². The highest BCUT2D eigenvalue weighted by atomic mass is 16.5. The molecule has 1 fully saturated rings. The topological polar surface area (TPSA) is 21.3 Å². The van der Waals surface area contributed by atoms with E-state index in [1.54, 1.807) is 0 Å². The monoisotopic (exact) mass is 275 g/mol. The Morgan fingerprint density at radius 3 is 2.75 bits per heavy atom. The van der Waals surface area contributed by atoms with Crippen LogP contribution in [0.25, 0.3) is 0 Å². The van der Waals surface area contributed by atoms with E-state index in [4.69, 9.17) is 4.74 Å². The molecule has 112 valence electrons. The van der Waals surface area contributed by atoms with Crippen LogP contribution < -0.4 is 5.32 Å². The summed E-state index contributed by atoms with van der Waals surface area (Å²) in [5.74, 6) is 1.33. The summed E-state index contributed by atoms with van der Waals surface area (Å²) in [6.07, 6.45) is 2.63. The third-order valence-electron chi connectivity index (χ3n) is 4.15. The lowest BCUT2D eigenvalue weighted by Crippen LogP contribution is -2.34. The first-order chi connectivity index (χ1) is 9.61. The number of likely N-dealkylation sites (N-methyl/N-ethyl adjacent to an activating group) is 1. The molecule has 2 heteroatoms. The summed E-state index contributed by atoms with van der Waals surface area (Å²) in [6, 6.07) is 9.36. The minimum atomic E-state index is 0.309. The minimum absolute atomic E-state index is 0.309. The molecule has 0 bridgehead atoms. The maximum atomic E-state index is 5.99. The fourth-order valence-electron chi connectivity index (χ4n) is 3.17. The van der Waals surface area contributed by atoms with Gasteiger partial charge >= 0.3 is 0 Å². The van der Waals surface area contributed by atoms with Gasteiger partial charge in [-0.3, -0.25) is 0 Å². The van der Waals surface area contributed by atoms with Crippen LogP contribution in [0.4, 0.5) is 0 Å². The first-order valence-electron chi connectivity index (χ1n) is 8.05. The molecule has 2 rings (SSSR count). The van der Waals surface area contributed by atoms with Gasteiger partial charge in [-0.1, -0.05) is 52.0 Å². The maximum absolute atomic E-state index is 5.99. The molecule has 0 aromatic heterocycles. The largest absolute Gasteiger partial charge is 0.376 e. The lowest BCUT2D eigenvalue weighted by molar-refractivity contribution is 0.0612. The summed E-state index contributed by atoms with van der Waals surface area (Å²) in [7, 11) is 0. The zero-order chi connectivity index (χ0) is 14.5. The van der Waals surface area contributed by atoms with Crippen molar-refractivity contribution in [2.45, 2.75) is 52.7 Å². The van der Waals surface area contributed by atoms with Crippen molar-refractivity contribution < 1.29 is 4.74 Å². The summed E-state index contributed by atoms with van der Waals surface area (Å²) in [4.78, 5) is 0. The molecule has 0 saturated carbocycles. The van der Waals surface area contributed by atoms with Crippen molar-refractivity contribution in [1.29, 1.82) is 0 Å². The van der Waals surface area contributed by atoms with Gasteiger partial charge in [-0.2, -0.15) is 0 Å². The SMILES string of the molecule is CCNC(c1cccc(CC(C)C)c1)C1OCCC1C. The van der Waals surface area contributed by atoms with Crippen LogP contribution in [0.15, 0.2) is 24.3 Å². The van der Waals surface area contributed by atoms with Crippen LogP contribution >= 0.6 is 0 Å². The molecule has 1 aliphatic heterocycles. The predicted octanol–water partition coefficient (Wildman–Crippen LogP) is 3.96. The molecule has 3 atom stereocenters. The second-order valence-electron chi connectivity index (χ2n) is 6.48. The average Bonchev–Trinajstić information content (AvgIpc) is 2.81. The quantitative estimate of drug-likeness (QED) is 0.848. The van der Waals surface area contributed by atoms with Crippen molar-refractivity contribution in [3.05, 3.63) is 35.4 Å².